The van der Waals surface area contributed by atoms with Crippen LogP contribution in [0.3, 0.4) is 0 Å². The molecule has 0 bridgehead atoms. The van der Waals surface area contributed by atoms with E-state index in [1.165, 1.54) is 0 Å². The molecule has 0 aliphatic heterocycles. The second-order valence-electron chi connectivity index (χ2n) is 3.44. The molecule has 0 aromatic carbocycles. The van der Waals surface area contributed by atoms with Crippen molar-refractivity contribution >= 4 is 0 Å². The van der Waals surface area contributed by atoms with Crippen molar-refractivity contribution in [2.24, 2.45) is 11.3 Å². The summed E-state index contributed by atoms with van der Waals surface area (Å²) in [6.07, 6.45) is 2.32. The first-order chi connectivity index (χ1) is 4.60. The van der Waals surface area contributed by atoms with E-state index >= 15 is 0 Å². The van der Waals surface area contributed by atoms with Crippen LogP contribution in [0.5, 0.6) is 0 Å². The molecule has 0 fully saturated rings. The van der Waals surface area contributed by atoms with Crippen LogP contribution in [0.15, 0.2) is 0 Å². The normalized spacial score (nSPS) is 15.3. The number of rotatable bonds is 4. The Hall–Kier alpha value is -0.0400. The summed E-state index contributed by atoms with van der Waals surface area (Å²) in [4.78, 5) is 0. The van der Waals surface area contributed by atoms with Gasteiger partial charge in [-0.25, -0.2) is 0 Å². The van der Waals surface area contributed by atoms with E-state index in [0.29, 0.717) is 17.9 Å². The lowest BCUT2D eigenvalue weighted by atomic mass is 9.74. The molecule has 0 rings (SSSR count). The summed E-state index contributed by atoms with van der Waals surface area (Å²) in [6.45, 7) is 9.06. The van der Waals surface area contributed by atoms with E-state index in [-0.39, 0.29) is 0 Å². The Bertz CT molecular complexity index is 84.7. The van der Waals surface area contributed by atoms with Crippen LogP contribution in [0, 0.1) is 11.3 Å². The predicted molar refractivity (Wildman–Crippen MR) is 44.9 cm³/mol. The molecule has 62 valence electrons. The molecular weight excluding hydrogens is 124 g/mol. The van der Waals surface area contributed by atoms with E-state index < -0.39 is 0 Å². The number of aliphatic hydroxyl groups is 1. The molecule has 1 nitrogen and oxygen atoms in total. The zero-order valence-corrected chi connectivity index (χ0v) is 7.65. The van der Waals surface area contributed by atoms with E-state index in [1.807, 2.05) is 0 Å². The standard InChI is InChI=1S/C9H20O/c1-5-9(4,6-2)8(3)7-10/h8,10H,5-7H2,1-4H3/t8-/m0/s1. The molecule has 0 aromatic rings. The molecule has 0 aromatic heterocycles. The Balaban J connectivity index is 4.02. The van der Waals surface area contributed by atoms with Crippen molar-refractivity contribution < 1.29 is 5.11 Å². The lowest BCUT2D eigenvalue weighted by molar-refractivity contribution is 0.107. The highest BCUT2D eigenvalue weighted by Gasteiger charge is 2.26. The van der Waals surface area contributed by atoms with Crippen molar-refractivity contribution in [2.45, 2.75) is 40.5 Å². The monoisotopic (exact) mass is 144 g/mol. The highest BCUT2D eigenvalue weighted by molar-refractivity contribution is 4.76. The van der Waals surface area contributed by atoms with Crippen LogP contribution in [0.1, 0.15) is 40.5 Å². The van der Waals surface area contributed by atoms with Crippen molar-refractivity contribution in [1.82, 2.24) is 0 Å². The maximum atomic E-state index is 8.93. The molecule has 0 saturated heterocycles. The maximum absolute atomic E-state index is 8.93. The van der Waals surface area contributed by atoms with Gasteiger partial charge in [-0.05, 0) is 11.3 Å². The van der Waals surface area contributed by atoms with Crippen molar-refractivity contribution in [1.29, 1.82) is 0 Å². The molecule has 0 heterocycles. The van der Waals surface area contributed by atoms with Crippen molar-refractivity contribution in [3.63, 3.8) is 0 Å². The molecular formula is C9H20O. The Morgan fingerprint density at radius 1 is 1.30 bits per heavy atom. The van der Waals surface area contributed by atoms with Crippen LogP contribution in [-0.2, 0) is 0 Å². The van der Waals surface area contributed by atoms with Gasteiger partial charge in [0, 0.05) is 6.61 Å². The second kappa shape index (κ2) is 3.97. The summed E-state index contributed by atoms with van der Waals surface area (Å²) >= 11 is 0. The van der Waals surface area contributed by atoms with Crippen LogP contribution >= 0.6 is 0 Å². The molecule has 0 radical (unpaired) electrons. The Morgan fingerprint density at radius 3 is 1.80 bits per heavy atom. The quantitative estimate of drug-likeness (QED) is 0.642. The third-order valence-corrected chi connectivity index (χ3v) is 3.08. The summed E-state index contributed by atoms with van der Waals surface area (Å²) in [5, 5.41) is 8.93. The van der Waals surface area contributed by atoms with E-state index in [0.717, 1.165) is 12.8 Å². The van der Waals surface area contributed by atoms with Crippen LogP contribution in [0.2, 0.25) is 0 Å². The molecule has 1 N–H and O–H groups in total. The van der Waals surface area contributed by atoms with E-state index in [2.05, 4.69) is 27.7 Å². The van der Waals surface area contributed by atoms with Crippen LogP contribution in [0.4, 0.5) is 0 Å². The zero-order chi connectivity index (χ0) is 8.20. The minimum absolute atomic E-state index is 0.318. The molecule has 0 amide bonds. The molecule has 10 heavy (non-hydrogen) atoms. The van der Waals surface area contributed by atoms with Crippen molar-refractivity contribution in [2.75, 3.05) is 6.61 Å². The number of aliphatic hydroxyl groups excluding tert-OH is 1. The first-order valence-corrected chi connectivity index (χ1v) is 4.21. The minimum Gasteiger partial charge on any atom is -0.396 e. The van der Waals surface area contributed by atoms with Gasteiger partial charge in [-0.1, -0.05) is 40.5 Å². The van der Waals surface area contributed by atoms with Gasteiger partial charge in [0.1, 0.15) is 0 Å². The summed E-state index contributed by atoms with van der Waals surface area (Å²) in [5.41, 5.74) is 0.342. The smallest absolute Gasteiger partial charge is 0.0461 e. The van der Waals surface area contributed by atoms with Gasteiger partial charge in [0.15, 0.2) is 0 Å². The summed E-state index contributed by atoms with van der Waals surface area (Å²) in [7, 11) is 0. The van der Waals surface area contributed by atoms with Gasteiger partial charge >= 0.3 is 0 Å². The van der Waals surface area contributed by atoms with Crippen LogP contribution in [0.25, 0.3) is 0 Å². The first kappa shape index (κ1) is 9.96. The van der Waals surface area contributed by atoms with Gasteiger partial charge in [0.05, 0.1) is 0 Å². The topological polar surface area (TPSA) is 20.2 Å². The van der Waals surface area contributed by atoms with Crippen molar-refractivity contribution in [3.8, 4) is 0 Å². The highest BCUT2D eigenvalue weighted by Crippen LogP contribution is 2.33. The SMILES string of the molecule is CCC(C)(CC)[C@@H](C)CO. The van der Waals surface area contributed by atoms with Crippen LogP contribution < -0.4 is 0 Å². The molecule has 0 aliphatic rings. The molecule has 0 aliphatic carbocycles. The van der Waals surface area contributed by atoms with E-state index in [1.54, 1.807) is 0 Å². The zero-order valence-electron chi connectivity index (χ0n) is 7.65. The largest absolute Gasteiger partial charge is 0.396 e. The van der Waals surface area contributed by atoms with Gasteiger partial charge in [-0.15, -0.1) is 0 Å². The van der Waals surface area contributed by atoms with E-state index in [9.17, 15) is 0 Å². The number of hydrogen-bond donors (Lipinski definition) is 1. The Labute approximate surface area is 64.5 Å². The fraction of sp³-hybridized carbons (Fsp3) is 1.00. The van der Waals surface area contributed by atoms with Gasteiger partial charge in [0.2, 0.25) is 0 Å². The Morgan fingerprint density at radius 2 is 1.70 bits per heavy atom. The lowest BCUT2D eigenvalue weighted by Crippen LogP contribution is -2.26. The predicted octanol–water partition coefficient (Wildman–Crippen LogP) is 2.44. The average Bonchev–Trinajstić information content (AvgIpc) is 2.01. The minimum atomic E-state index is 0.318. The molecule has 0 unspecified atom stereocenters. The summed E-state index contributed by atoms with van der Waals surface area (Å²) in [6, 6.07) is 0. The van der Waals surface area contributed by atoms with E-state index in [4.69, 9.17) is 5.11 Å². The average molecular weight is 144 g/mol. The fourth-order valence-electron chi connectivity index (χ4n) is 1.17. The summed E-state index contributed by atoms with van der Waals surface area (Å²) in [5.74, 6) is 0.433. The maximum Gasteiger partial charge on any atom is 0.0461 e. The van der Waals surface area contributed by atoms with Gasteiger partial charge < -0.3 is 5.11 Å². The fourth-order valence-corrected chi connectivity index (χ4v) is 1.17. The van der Waals surface area contributed by atoms with Crippen molar-refractivity contribution in [3.05, 3.63) is 0 Å². The molecule has 0 spiro atoms. The Kier molecular flexibility index (Phi) is 3.95. The first-order valence-electron chi connectivity index (χ1n) is 4.21. The molecule has 0 saturated carbocycles. The third-order valence-electron chi connectivity index (χ3n) is 3.08. The number of hydrogen-bond acceptors (Lipinski definition) is 1. The molecule has 1 heteroatoms. The molecule has 1 atom stereocenters. The van der Waals surface area contributed by atoms with Crippen LogP contribution in [-0.4, -0.2) is 11.7 Å². The second-order valence-corrected chi connectivity index (χ2v) is 3.44. The van der Waals surface area contributed by atoms with Gasteiger partial charge in [-0.2, -0.15) is 0 Å². The highest BCUT2D eigenvalue weighted by atomic mass is 16.3. The van der Waals surface area contributed by atoms with Gasteiger partial charge in [-0.3, -0.25) is 0 Å². The lowest BCUT2D eigenvalue weighted by Gasteiger charge is -2.32. The summed E-state index contributed by atoms with van der Waals surface area (Å²) < 4.78 is 0. The van der Waals surface area contributed by atoms with Gasteiger partial charge in [0.25, 0.3) is 0 Å². The third kappa shape index (κ3) is 1.98.